The predicted molar refractivity (Wildman–Crippen MR) is 67.8 cm³/mol. The minimum atomic E-state index is 0.345. The average Bonchev–Trinajstić information content (AvgIpc) is 2.75. The minimum Gasteiger partial charge on any atom is -0.381 e. The van der Waals surface area contributed by atoms with Gasteiger partial charge in [0.15, 0.2) is 11.5 Å². The number of nitrogens with zero attached hydrogens (tertiary/aromatic N) is 3. The largest absolute Gasteiger partial charge is 0.381 e. The summed E-state index contributed by atoms with van der Waals surface area (Å²) < 4.78 is 1.69. The van der Waals surface area contributed by atoms with Gasteiger partial charge in [-0.05, 0) is 13.0 Å². The fourth-order valence-corrected chi connectivity index (χ4v) is 1.64. The molecule has 2 aromatic rings. The number of hydrogen-bond donors (Lipinski definition) is 2. The van der Waals surface area contributed by atoms with E-state index < -0.39 is 0 Å². The van der Waals surface area contributed by atoms with Gasteiger partial charge in [-0.15, -0.1) is 0 Å². The molecule has 17 heavy (non-hydrogen) atoms. The molecule has 3 N–H and O–H groups in total. The van der Waals surface area contributed by atoms with Crippen LogP contribution in [0.5, 0.6) is 0 Å². The Labute approximate surface area is 104 Å². The highest BCUT2D eigenvalue weighted by molar-refractivity contribution is 6.29. The smallest absolute Gasteiger partial charge is 0.182 e. The number of halogens is 1. The second-order valence-electron chi connectivity index (χ2n) is 3.42. The summed E-state index contributed by atoms with van der Waals surface area (Å²) in [5.41, 5.74) is 6.96. The summed E-state index contributed by atoms with van der Waals surface area (Å²) in [6.07, 6.45) is 3.90. The first kappa shape index (κ1) is 11.7. The molecule has 0 aliphatic heterocycles. The topological polar surface area (TPSA) is 68.2 Å². The SMILES string of the molecule is CNCCC#Cc1cnc2c(N)ncc(Cl)n12. The highest BCUT2D eigenvalue weighted by Crippen LogP contribution is 2.17. The Morgan fingerprint density at radius 2 is 2.29 bits per heavy atom. The van der Waals surface area contributed by atoms with Crippen molar-refractivity contribution in [1.29, 1.82) is 0 Å². The van der Waals surface area contributed by atoms with Crippen molar-refractivity contribution in [2.75, 3.05) is 19.3 Å². The first-order valence-electron chi connectivity index (χ1n) is 5.15. The lowest BCUT2D eigenvalue weighted by Crippen LogP contribution is -2.06. The van der Waals surface area contributed by atoms with Crippen molar-refractivity contribution in [3.8, 4) is 11.8 Å². The Balaban J connectivity index is 2.41. The van der Waals surface area contributed by atoms with E-state index in [4.69, 9.17) is 17.3 Å². The molecule has 5 nitrogen and oxygen atoms in total. The Bertz CT molecular complexity index is 593. The van der Waals surface area contributed by atoms with E-state index >= 15 is 0 Å². The number of hydrogen-bond acceptors (Lipinski definition) is 4. The molecule has 0 saturated carbocycles. The standard InChI is InChI=1S/C11H12ClN5/c1-14-5-3-2-4-8-6-16-11-10(13)15-7-9(12)17(8)11/h6-7,14H,3,5H2,1H3,(H2,13,15). The monoisotopic (exact) mass is 249 g/mol. The summed E-state index contributed by atoms with van der Waals surface area (Å²) in [7, 11) is 1.89. The number of rotatable bonds is 2. The molecule has 2 heterocycles. The van der Waals surface area contributed by atoms with E-state index in [-0.39, 0.29) is 0 Å². The van der Waals surface area contributed by atoms with Crippen molar-refractivity contribution in [3.63, 3.8) is 0 Å². The van der Waals surface area contributed by atoms with Crippen LogP contribution in [0.2, 0.25) is 5.15 Å². The first-order chi connectivity index (χ1) is 8.24. The van der Waals surface area contributed by atoms with E-state index in [0.29, 0.717) is 16.6 Å². The van der Waals surface area contributed by atoms with Gasteiger partial charge in [0.2, 0.25) is 0 Å². The van der Waals surface area contributed by atoms with E-state index in [1.54, 1.807) is 10.6 Å². The van der Waals surface area contributed by atoms with Gasteiger partial charge in [-0.1, -0.05) is 17.5 Å². The van der Waals surface area contributed by atoms with Crippen molar-refractivity contribution in [3.05, 3.63) is 23.2 Å². The van der Waals surface area contributed by atoms with Crippen LogP contribution in [-0.4, -0.2) is 28.0 Å². The molecule has 0 fully saturated rings. The van der Waals surface area contributed by atoms with Gasteiger partial charge in [0.1, 0.15) is 10.8 Å². The molecular weight excluding hydrogens is 238 g/mol. The summed E-state index contributed by atoms with van der Waals surface area (Å²) in [5, 5.41) is 3.47. The van der Waals surface area contributed by atoms with E-state index in [1.807, 2.05) is 7.05 Å². The zero-order valence-corrected chi connectivity index (χ0v) is 10.1. The molecule has 0 spiro atoms. The number of nitrogens with one attached hydrogen (secondary N) is 1. The van der Waals surface area contributed by atoms with E-state index in [0.717, 1.165) is 18.7 Å². The first-order valence-corrected chi connectivity index (χ1v) is 5.52. The van der Waals surface area contributed by atoms with Crippen LogP contribution in [0.4, 0.5) is 5.82 Å². The van der Waals surface area contributed by atoms with E-state index in [9.17, 15) is 0 Å². The molecule has 0 amide bonds. The molecule has 2 aromatic heterocycles. The second kappa shape index (κ2) is 5.04. The van der Waals surface area contributed by atoms with Crippen LogP contribution in [0.25, 0.3) is 5.65 Å². The van der Waals surface area contributed by atoms with Crippen LogP contribution in [0.1, 0.15) is 12.1 Å². The lowest BCUT2D eigenvalue weighted by atomic mass is 10.4. The van der Waals surface area contributed by atoms with Crippen LogP contribution < -0.4 is 11.1 Å². The second-order valence-corrected chi connectivity index (χ2v) is 3.81. The zero-order chi connectivity index (χ0) is 12.3. The fraction of sp³-hybridized carbons (Fsp3) is 0.273. The van der Waals surface area contributed by atoms with Crippen LogP contribution in [0.3, 0.4) is 0 Å². The summed E-state index contributed by atoms with van der Waals surface area (Å²) in [6, 6.07) is 0. The highest BCUT2D eigenvalue weighted by Gasteiger charge is 2.08. The maximum Gasteiger partial charge on any atom is 0.182 e. The Hall–Kier alpha value is -1.77. The van der Waals surface area contributed by atoms with Crippen molar-refractivity contribution < 1.29 is 0 Å². The number of nitrogens with two attached hydrogens (primary N) is 1. The van der Waals surface area contributed by atoms with Crippen LogP contribution >= 0.6 is 11.6 Å². The van der Waals surface area contributed by atoms with Crippen molar-refractivity contribution in [2.24, 2.45) is 0 Å². The quantitative estimate of drug-likeness (QED) is 0.614. The van der Waals surface area contributed by atoms with Gasteiger partial charge in [0.05, 0.1) is 12.4 Å². The number of imidazole rings is 1. The summed E-state index contributed by atoms with van der Waals surface area (Å²) >= 11 is 6.04. The van der Waals surface area contributed by atoms with Crippen LogP contribution in [0, 0.1) is 11.8 Å². The molecule has 0 radical (unpaired) electrons. The minimum absolute atomic E-state index is 0.345. The lowest BCUT2D eigenvalue weighted by molar-refractivity contribution is 0.818. The molecule has 0 aliphatic carbocycles. The number of aromatic nitrogens is 3. The van der Waals surface area contributed by atoms with Gasteiger partial charge < -0.3 is 11.1 Å². The van der Waals surface area contributed by atoms with Gasteiger partial charge in [-0.25, -0.2) is 9.97 Å². The molecule has 0 unspecified atom stereocenters. The molecular formula is C11H12ClN5. The van der Waals surface area contributed by atoms with E-state index in [2.05, 4.69) is 27.1 Å². The van der Waals surface area contributed by atoms with Gasteiger partial charge in [0, 0.05) is 13.0 Å². The molecule has 6 heteroatoms. The van der Waals surface area contributed by atoms with Crippen molar-refractivity contribution >= 4 is 23.1 Å². The molecule has 88 valence electrons. The summed E-state index contributed by atoms with van der Waals surface area (Å²) in [4.78, 5) is 8.09. The normalized spacial score (nSPS) is 10.2. The number of anilines is 1. The Morgan fingerprint density at radius 3 is 3.06 bits per heavy atom. The molecule has 2 rings (SSSR count). The molecule has 0 saturated heterocycles. The van der Waals surface area contributed by atoms with Gasteiger partial charge in [-0.3, -0.25) is 4.40 Å². The van der Waals surface area contributed by atoms with Crippen LogP contribution in [-0.2, 0) is 0 Å². The average molecular weight is 250 g/mol. The molecule has 0 aliphatic rings. The maximum atomic E-state index is 6.04. The maximum absolute atomic E-state index is 6.04. The van der Waals surface area contributed by atoms with E-state index in [1.165, 1.54) is 6.20 Å². The highest BCUT2D eigenvalue weighted by atomic mass is 35.5. The Morgan fingerprint density at radius 1 is 1.47 bits per heavy atom. The van der Waals surface area contributed by atoms with Gasteiger partial charge >= 0.3 is 0 Å². The molecule has 0 atom stereocenters. The van der Waals surface area contributed by atoms with Gasteiger partial charge in [0.25, 0.3) is 0 Å². The molecule has 0 aromatic carbocycles. The Kier molecular flexibility index (Phi) is 3.47. The third-order valence-corrected chi connectivity index (χ3v) is 2.50. The lowest BCUT2D eigenvalue weighted by Gasteiger charge is -2.00. The number of nitrogen functional groups attached to an aromatic ring is 1. The van der Waals surface area contributed by atoms with Crippen molar-refractivity contribution in [1.82, 2.24) is 19.7 Å². The van der Waals surface area contributed by atoms with Gasteiger partial charge in [-0.2, -0.15) is 0 Å². The van der Waals surface area contributed by atoms with Crippen LogP contribution in [0.15, 0.2) is 12.4 Å². The predicted octanol–water partition coefficient (Wildman–Crippen LogP) is 0.926. The summed E-state index contributed by atoms with van der Waals surface area (Å²) in [5.74, 6) is 6.39. The third-order valence-electron chi connectivity index (χ3n) is 2.23. The zero-order valence-electron chi connectivity index (χ0n) is 9.37. The third kappa shape index (κ3) is 2.33. The van der Waals surface area contributed by atoms with Crippen molar-refractivity contribution in [2.45, 2.75) is 6.42 Å². The fourth-order valence-electron chi connectivity index (χ4n) is 1.42. The number of fused-ring (bicyclic) bond motifs is 1. The summed E-state index contributed by atoms with van der Waals surface area (Å²) in [6.45, 7) is 0.848. The molecule has 0 bridgehead atoms.